The Morgan fingerprint density at radius 2 is 1.77 bits per heavy atom. The Morgan fingerprint density at radius 1 is 1.06 bits per heavy atom. The van der Waals surface area contributed by atoms with Gasteiger partial charge in [-0.05, 0) is 40.8 Å². The van der Waals surface area contributed by atoms with Crippen LogP contribution in [-0.2, 0) is 4.74 Å². The summed E-state index contributed by atoms with van der Waals surface area (Å²) in [5.74, 6) is 0.0673. The lowest BCUT2D eigenvalue weighted by Gasteiger charge is -2.14. The Labute approximate surface area is 180 Å². The number of carbonyl (C=O) groups excluding carboxylic acids is 1. The second-order valence-corrected chi connectivity index (χ2v) is 7.73. The second kappa shape index (κ2) is 8.11. The van der Waals surface area contributed by atoms with E-state index in [0.29, 0.717) is 13.2 Å². The summed E-state index contributed by atoms with van der Waals surface area (Å²) in [5.41, 5.74) is 7.89. The summed E-state index contributed by atoms with van der Waals surface area (Å²) in [7, 11) is 0. The Balaban J connectivity index is 1.17. The van der Waals surface area contributed by atoms with E-state index in [-0.39, 0.29) is 5.92 Å². The van der Waals surface area contributed by atoms with Crippen LogP contribution in [0.2, 0.25) is 0 Å². The summed E-state index contributed by atoms with van der Waals surface area (Å²) < 4.78 is 5.55. The normalized spacial score (nSPS) is 12.8. The zero-order valence-electron chi connectivity index (χ0n) is 17.3. The molecule has 1 heterocycles. The van der Waals surface area contributed by atoms with E-state index in [4.69, 9.17) is 4.74 Å². The Morgan fingerprint density at radius 3 is 2.52 bits per heavy atom. The monoisotopic (exact) mass is 409 g/mol. The van der Waals surface area contributed by atoms with Crippen molar-refractivity contribution in [3.05, 3.63) is 95.2 Å². The van der Waals surface area contributed by atoms with Crippen LogP contribution in [0.3, 0.4) is 0 Å². The molecule has 5 nitrogen and oxygen atoms in total. The summed E-state index contributed by atoms with van der Waals surface area (Å²) in [6, 6.07) is 22.7. The van der Waals surface area contributed by atoms with Crippen LogP contribution in [0.1, 0.15) is 28.3 Å². The van der Waals surface area contributed by atoms with Crippen molar-refractivity contribution >= 4 is 23.1 Å². The molecule has 3 aromatic carbocycles. The number of aromatic amines is 1. The molecule has 1 aliphatic carbocycles. The first kappa shape index (κ1) is 19.1. The largest absolute Gasteiger partial charge is 0.449 e. The minimum absolute atomic E-state index is 0.0673. The molecule has 0 spiro atoms. The lowest BCUT2D eigenvalue weighted by atomic mass is 9.98. The zero-order chi connectivity index (χ0) is 21.2. The van der Waals surface area contributed by atoms with Gasteiger partial charge in [0.05, 0.1) is 5.52 Å². The highest BCUT2D eigenvalue weighted by molar-refractivity contribution is 5.83. The molecule has 0 unspecified atom stereocenters. The minimum atomic E-state index is -0.412. The summed E-state index contributed by atoms with van der Waals surface area (Å²) in [4.78, 5) is 12.2. The van der Waals surface area contributed by atoms with Crippen molar-refractivity contribution < 1.29 is 9.53 Å². The molecule has 2 N–H and O–H groups in total. The predicted octanol–water partition coefficient (Wildman–Crippen LogP) is 5.42. The van der Waals surface area contributed by atoms with Crippen molar-refractivity contribution in [3.8, 4) is 11.1 Å². The number of alkyl carbamates (subject to hydrolysis) is 1. The van der Waals surface area contributed by atoms with Crippen LogP contribution in [0.4, 0.5) is 4.79 Å². The van der Waals surface area contributed by atoms with Gasteiger partial charge in [-0.15, -0.1) is 0 Å². The predicted molar refractivity (Wildman–Crippen MR) is 123 cm³/mol. The van der Waals surface area contributed by atoms with Gasteiger partial charge in [-0.2, -0.15) is 5.10 Å². The number of nitrogens with one attached hydrogen (secondary N) is 2. The number of aromatic nitrogens is 2. The van der Waals surface area contributed by atoms with E-state index >= 15 is 0 Å². The lowest BCUT2D eigenvalue weighted by Crippen LogP contribution is -2.26. The van der Waals surface area contributed by atoms with Crippen molar-refractivity contribution in [1.29, 1.82) is 0 Å². The summed E-state index contributed by atoms with van der Waals surface area (Å²) in [6.45, 7) is 2.72. The fraction of sp³-hybridized carbons (Fsp3) is 0.154. The van der Waals surface area contributed by atoms with Crippen molar-refractivity contribution in [2.45, 2.75) is 12.8 Å². The number of amides is 1. The van der Waals surface area contributed by atoms with Gasteiger partial charge in [0.25, 0.3) is 0 Å². The van der Waals surface area contributed by atoms with Crippen LogP contribution >= 0.6 is 0 Å². The number of hydrogen-bond acceptors (Lipinski definition) is 3. The molecule has 1 amide bonds. The first-order valence-electron chi connectivity index (χ1n) is 10.4. The van der Waals surface area contributed by atoms with Crippen molar-refractivity contribution in [2.75, 3.05) is 13.2 Å². The van der Waals surface area contributed by atoms with Gasteiger partial charge in [0.15, 0.2) is 0 Å². The molecule has 0 radical (unpaired) electrons. The Kier molecular flexibility index (Phi) is 5.00. The van der Waals surface area contributed by atoms with Gasteiger partial charge in [0.2, 0.25) is 0 Å². The molecule has 5 heteroatoms. The van der Waals surface area contributed by atoms with E-state index < -0.39 is 6.09 Å². The van der Waals surface area contributed by atoms with Gasteiger partial charge < -0.3 is 10.1 Å². The molecule has 0 aliphatic heterocycles. The number of fused-ring (bicyclic) bond motifs is 4. The van der Waals surface area contributed by atoms with Crippen LogP contribution in [0.25, 0.3) is 28.1 Å². The number of hydrogen-bond donors (Lipinski definition) is 2. The number of ether oxygens (including phenoxy) is 1. The first-order chi connectivity index (χ1) is 15.2. The van der Waals surface area contributed by atoms with Crippen molar-refractivity contribution in [1.82, 2.24) is 15.5 Å². The molecular weight excluding hydrogens is 386 g/mol. The highest BCUT2D eigenvalue weighted by atomic mass is 16.5. The maximum absolute atomic E-state index is 12.2. The van der Waals surface area contributed by atoms with Gasteiger partial charge in [-0.25, -0.2) is 4.79 Å². The van der Waals surface area contributed by atoms with Crippen LogP contribution in [0.5, 0.6) is 0 Å². The maximum Gasteiger partial charge on any atom is 0.407 e. The maximum atomic E-state index is 12.2. The molecule has 0 bridgehead atoms. The fourth-order valence-electron chi connectivity index (χ4n) is 4.25. The molecule has 0 atom stereocenters. The summed E-state index contributed by atoms with van der Waals surface area (Å²) in [5, 5.41) is 11.2. The van der Waals surface area contributed by atoms with E-state index in [2.05, 4.69) is 39.8 Å². The number of H-pyrrole nitrogens is 1. The van der Waals surface area contributed by atoms with Gasteiger partial charge in [-0.1, -0.05) is 72.8 Å². The third-order valence-electron chi connectivity index (χ3n) is 5.79. The van der Waals surface area contributed by atoms with E-state index in [9.17, 15) is 4.79 Å². The number of rotatable bonds is 5. The Bertz CT molecular complexity index is 1240. The molecular formula is C26H23N3O2. The number of aryl methyl sites for hydroxylation is 1. The van der Waals surface area contributed by atoms with Crippen molar-refractivity contribution in [3.63, 3.8) is 0 Å². The number of carbonyl (C=O) groups is 1. The molecule has 5 rings (SSSR count). The van der Waals surface area contributed by atoms with Crippen LogP contribution in [-0.4, -0.2) is 29.4 Å². The third kappa shape index (κ3) is 3.70. The molecule has 0 saturated heterocycles. The zero-order valence-corrected chi connectivity index (χ0v) is 17.3. The van der Waals surface area contributed by atoms with E-state index in [1.54, 1.807) is 0 Å². The molecule has 0 saturated carbocycles. The van der Waals surface area contributed by atoms with Gasteiger partial charge in [0, 0.05) is 23.5 Å². The average Bonchev–Trinajstić information content (AvgIpc) is 3.33. The molecule has 1 aromatic heterocycles. The number of benzene rings is 3. The second-order valence-electron chi connectivity index (χ2n) is 7.73. The molecule has 154 valence electrons. The highest BCUT2D eigenvalue weighted by Gasteiger charge is 2.28. The van der Waals surface area contributed by atoms with Crippen LogP contribution < -0.4 is 5.32 Å². The fourth-order valence-corrected chi connectivity index (χ4v) is 4.25. The van der Waals surface area contributed by atoms with Crippen molar-refractivity contribution in [2.24, 2.45) is 0 Å². The highest BCUT2D eigenvalue weighted by Crippen LogP contribution is 2.44. The third-order valence-corrected chi connectivity index (χ3v) is 5.79. The summed E-state index contributed by atoms with van der Waals surface area (Å²) >= 11 is 0. The SMILES string of the molecule is Cc1[nH]nc2cc(C=CCNC(=O)OCC3c4ccccc4-c4ccccc43)ccc12. The van der Waals surface area contributed by atoms with Crippen LogP contribution in [0, 0.1) is 6.92 Å². The first-order valence-corrected chi connectivity index (χ1v) is 10.4. The standard InChI is InChI=1S/C26H23N3O2/c1-17-19-13-12-18(15-25(19)29-28-17)7-6-14-27-26(30)31-16-24-22-10-4-2-8-20(22)21-9-3-5-11-23(21)24/h2-13,15,24H,14,16H2,1H3,(H,27,30)(H,28,29). The van der Waals surface area contributed by atoms with E-state index in [1.165, 1.54) is 22.3 Å². The topological polar surface area (TPSA) is 67.0 Å². The van der Waals surface area contributed by atoms with Gasteiger partial charge >= 0.3 is 6.09 Å². The van der Waals surface area contributed by atoms with Gasteiger partial charge in [0.1, 0.15) is 6.61 Å². The minimum Gasteiger partial charge on any atom is -0.449 e. The van der Waals surface area contributed by atoms with Gasteiger partial charge in [-0.3, -0.25) is 5.10 Å². The van der Waals surface area contributed by atoms with E-state index in [0.717, 1.165) is 22.2 Å². The molecule has 4 aromatic rings. The van der Waals surface area contributed by atoms with E-state index in [1.807, 2.05) is 61.5 Å². The molecule has 31 heavy (non-hydrogen) atoms. The quantitative estimate of drug-likeness (QED) is 0.462. The smallest absolute Gasteiger partial charge is 0.407 e. The average molecular weight is 409 g/mol. The van der Waals surface area contributed by atoms with Crippen LogP contribution in [0.15, 0.2) is 72.8 Å². The number of nitrogens with zero attached hydrogens (tertiary/aromatic N) is 1. The molecule has 1 aliphatic rings. The molecule has 0 fully saturated rings. The Hall–Kier alpha value is -3.86. The lowest BCUT2D eigenvalue weighted by molar-refractivity contribution is 0.144. The summed E-state index contributed by atoms with van der Waals surface area (Å²) in [6.07, 6.45) is 3.46.